The van der Waals surface area contributed by atoms with Crippen molar-refractivity contribution in [2.24, 2.45) is 0 Å². The molecule has 0 saturated carbocycles. The standard InChI is InChI=1S/C22H24N4O2/c1-5-26(18-8-6-7-15(2)11-18)21(27)17-13-23-22(24-14-17)25-19-12-16(3)9-10-20(19)28-4/h6-14H,5H2,1-4H3,(H,23,24,25). The molecule has 0 atom stereocenters. The van der Waals surface area contributed by atoms with Crippen LogP contribution < -0.4 is 15.0 Å². The molecule has 3 rings (SSSR count). The van der Waals surface area contributed by atoms with Crippen LogP contribution in [0.3, 0.4) is 0 Å². The van der Waals surface area contributed by atoms with Gasteiger partial charge in [0, 0.05) is 24.6 Å². The maximum atomic E-state index is 12.9. The Hall–Kier alpha value is -3.41. The van der Waals surface area contributed by atoms with E-state index in [1.807, 2.05) is 63.2 Å². The van der Waals surface area contributed by atoms with Crippen molar-refractivity contribution in [2.75, 3.05) is 23.9 Å². The molecular formula is C22H24N4O2. The second-order valence-corrected chi connectivity index (χ2v) is 6.51. The minimum Gasteiger partial charge on any atom is -0.495 e. The predicted octanol–water partition coefficient (Wildman–Crippen LogP) is 4.51. The van der Waals surface area contributed by atoms with Crippen LogP contribution in [-0.4, -0.2) is 29.5 Å². The summed E-state index contributed by atoms with van der Waals surface area (Å²) < 4.78 is 5.36. The van der Waals surface area contributed by atoms with E-state index in [1.165, 1.54) is 0 Å². The predicted molar refractivity (Wildman–Crippen MR) is 112 cm³/mol. The summed E-state index contributed by atoms with van der Waals surface area (Å²) in [7, 11) is 1.61. The van der Waals surface area contributed by atoms with Gasteiger partial charge in [0.1, 0.15) is 5.75 Å². The number of nitrogens with one attached hydrogen (secondary N) is 1. The van der Waals surface area contributed by atoms with Crippen molar-refractivity contribution in [1.29, 1.82) is 0 Å². The molecule has 3 aromatic rings. The number of hydrogen-bond acceptors (Lipinski definition) is 5. The number of anilines is 3. The minimum absolute atomic E-state index is 0.132. The van der Waals surface area contributed by atoms with Gasteiger partial charge in [0.15, 0.2) is 0 Å². The number of hydrogen-bond donors (Lipinski definition) is 1. The van der Waals surface area contributed by atoms with Gasteiger partial charge in [0.25, 0.3) is 5.91 Å². The molecule has 1 N–H and O–H groups in total. The molecule has 6 heteroatoms. The molecular weight excluding hydrogens is 352 g/mol. The third kappa shape index (κ3) is 4.28. The van der Waals surface area contributed by atoms with Crippen LogP contribution in [0.15, 0.2) is 54.9 Å². The molecule has 0 saturated heterocycles. The van der Waals surface area contributed by atoms with Crippen molar-refractivity contribution >= 4 is 23.2 Å². The lowest BCUT2D eigenvalue weighted by Crippen LogP contribution is -2.30. The third-order valence-corrected chi connectivity index (χ3v) is 4.37. The van der Waals surface area contributed by atoms with E-state index in [9.17, 15) is 4.79 Å². The van der Waals surface area contributed by atoms with Gasteiger partial charge in [-0.15, -0.1) is 0 Å². The fourth-order valence-corrected chi connectivity index (χ4v) is 2.94. The van der Waals surface area contributed by atoms with E-state index >= 15 is 0 Å². The number of nitrogens with zero attached hydrogens (tertiary/aromatic N) is 3. The average molecular weight is 376 g/mol. The summed E-state index contributed by atoms with van der Waals surface area (Å²) >= 11 is 0. The van der Waals surface area contributed by atoms with E-state index in [1.54, 1.807) is 24.4 Å². The highest BCUT2D eigenvalue weighted by atomic mass is 16.5. The Bertz CT molecular complexity index is 971. The molecule has 1 heterocycles. The van der Waals surface area contributed by atoms with E-state index in [0.29, 0.717) is 23.8 Å². The number of methoxy groups -OCH3 is 1. The highest BCUT2D eigenvalue weighted by molar-refractivity contribution is 6.05. The van der Waals surface area contributed by atoms with Gasteiger partial charge in [0.2, 0.25) is 5.95 Å². The van der Waals surface area contributed by atoms with Gasteiger partial charge >= 0.3 is 0 Å². The van der Waals surface area contributed by atoms with Gasteiger partial charge in [-0.25, -0.2) is 9.97 Å². The molecule has 0 bridgehead atoms. The zero-order valence-corrected chi connectivity index (χ0v) is 16.6. The first-order valence-corrected chi connectivity index (χ1v) is 9.14. The minimum atomic E-state index is -0.132. The molecule has 0 fully saturated rings. The molecule has 0 aliphatic heterocycles. The summed E-state index contributed by atoms with van der Waals surface area (Å²) in [4.78, 5) is 23.2. The molecule has 2 aromatic carbocycles. The third-order valence-electron chi connectivity index (χ3n) is 4.37. The van der Waals surface area contributed by atoms with Gasteiger partial charge in [-0.3, -0.25) is 4.79 Å². The summed E-state index contributed by atoms with van der Waals surface area (Å²) in [6.07, 6.45) is 3.08. The fourth-order valence-electron chi connectivity index (χ4n) is 2.94. The number of amides is 1. The van der Waals surface area contributed by atoms with Crippen LogP contribution in [0.2, 0.25) is 0 Å². The van der Waals surface area contributed by atoms with Gasteiger partial charge in [-0.2, -0.15) is 0 Å². The van der Waals surface area contributed by atoms with Gasteiger partial charge in [0.05, 0.1) is 18.4 Å². The smallest absolute Gasteiger partial charge is 0.261 e. The van der Waals surface area contributed by atoms with E-state index in [-0.39, 0.29) is 5.91 Å². The SMILES string of the molecule is CCN(C(=O)c1cnc(Nc2cc(C)ccc2OC)nc1)c1cccc(C)c1. The second-order valence-electron chi connectivity index (χ2n) is 6.51. The number of aromatic nitrogens is 2. The quantitative estimate of drug-likeness (QED) is 0.685. The van der Waals surface area contributed by atoms with Crippen LogP contribution in [0.25, 0.3) is 0 Å². The molecule has 0 radical (unpaired) electrons. The Kier molecular flexibility index (Phi) is 5.89. The lowest BCUT2D eigenvalue weighted by atomic mass is 10.2. The Morgan fingerprint density at radius 3 is 2.43 bits per heavy atom. The second kappa shape index (κ2) is 8.52. The van der Waals surface area contributed by atoms with Crippen molar-refractivity contribution in [2.45, 2.75) is 20.8 Å². The summed E-state index contributed by atoms with van der Waals surface area (Å²) in [6.45, 7) is 6.51. The number of carbonyl (C=O) groups is 1. The van der Waals surface area contributed by atoms with Gasteiger partial charge < -0.3 is 15.0 Å². The number of carbonyl (C=O) groups excluding carboxylic acids is 1. The van der Waals surface area contributed by atoms with Crippen LogP contribution in [-0.2, 0) is 0 Å². The molecule has 0 spiro atoms. The van der Waals surface area contributed by atoms with Crippen molar-refractivity contribution in [3.05, 3.63) is 71.5 Å². The van der Waals surface area contributed by atoms with Crippen LogP contribution in [0, 0.1) is 13.8 Å². The molecule has 0 aliphatic rings. The van der Waals surface area contributed by atoms with Crippen LogP contribution in [0.5, 0.6) is 5.75 Å². The number of benzene rings is 2. The van der Waals surface area contributed by atoms with Crippen molar-refractivity contribution in [1.82, 2.24) is 9.97 Å². The largest absolute Gasteiger partial charge is 0.495 e. The fraction of sp³-hybridized carbons (Fsp3) is 0.227. The Labute approximate surface area is 165 Å². The molecule has 1 aromatic heterocycles. The first kappa shape index (κ1) is 19.4. The van der Waals surface area contributed by atoms with E-state index < -0.39 is 0 Å². The van der Waals surface area contributed by atoms with Crippen LogP contribution in [0.4, 0.5) is 17.3 Å². The van der Waals surface area contributed by atoms with Gasteiger partial charge in [-0.1, -0.05) is 18.2 Å². The molecule has 0 unspecified atom stereocenters. The topological polar surface area (TPSA) is 67.4 Å². The first-order chi connectivity index (χ1) is 13.5. The van der Waals surface area contributed by atoms with Crippen LogP contribution in [0.1, 0.15) is 28.4 Å². The Balaban J connectivity index is 1.80. The molecule has 1 amide bonds. The van der Waals surface area contributed by atoms with E-state index in [0.717, 1.165) is 22.5 Å². The van der Waals surface area contributed by atoms with E-state index in [4.69, 9.17) is 4.74 Å². The molecule has 0 aliphatic carbocycles. The lowest BCUT2D eigenvalue weighted by molar-refractivity contribution is 0.0987. The van der Waals surface area contributed by atoms with Crippen molar-refractivity contribution in [3.8, 4) is 5.75 Å². The summed E-state index contributed by atoms with van der Waals surface area (Å²) in [5.74, 6) is 0.970. The molecule has 6 nitrogen and oxygen atoms in total. The summed E-state index contributed by atoms with van der Waals surface area (Å²) in [5, 5.41) is 3.14. The maximum Gasteiger partial charge on any atom is 0.261 e. The summed E-state index contributed by atoms with van der Waals surface area (Å²) in [6, 6.07) is 13.7. The Morgan fingerprint density at radius 1 is 1.07 bits per heavy atom. The van der Waals surface area contributed by atoms with Crippen LogP contribution >= 0.6 is 0 Å². The van der Waals surface area contributed by atoms with E-state index in [2.05, 4.69) is 15.3 Å². The normalized spacial score (nSPS) is 10.4. The average Bonchev–Trinajstić information content (AvgIpc) is 2.69. The first-order valence-electron chi connectivity index (χ1n) is 9.14. The molecule has 144 valence electrons. The highest BCUT2D eigenvalue weighted by Gasteiger charge is 2.17. The van der Waals surface area contributed by atoms with Gasteiger partial charge in [-0.05, 0) is 56.2 Å². The zero-order valence-electron chi connectivity index (χ0n) is 16.6. The van der Waals surface area contributed by atoms with Crippen molar-refractivity contribution in [3.63, 3.8) is 0 Å². The lowest BCUT2D eigenvalue weighted by Gasteiger charge is -2.21. The number of ether oxygens (including phenoxy) is 1. The zero-order chi connectivity index (χ0) is 20.1. The monoisotopic (exact) mass is 376 g/mol. The molecule has 28 heavy (non-hydrogen) atoms. The maximum absolute atomic E-state index is 12.9. The number of rotatable bonds is 6. The van der Waals surface area contributed by atoms with Crippen molar-refractivity contribution < 1.29 is 9.53 Å². The highest BCUT2D eigenvalue weighted by Crippen LogP contribution is 2.27. The number of aryl methyl sites for hydroxylation is 2. The summed E-state index contributed by atoms with van der Waals surface area (Å²) in [5.41, 5.74) is 4.26. The Morgan fingerprint density at radius 2 is 1.79 bits per heavy atom.